The summed E-state index contributed by atoms with van der Waals surface area (Å²) in [6.07, 6.45) is 4.42. The fraction of sp³-hybridized carbons (Fsp3) is 0.500. The Kier molecular flexibility index (Phi) is 4.72. The van der Waals surface area contributed by atoms with Crippen LogP contribution < -0.4 is 15.2 Å². The summed E-state index contributed by atoms with van der Waals surface area (Å²) in [5.41, 5.74) is 11.2. The Balaban J connectivity index is 0.00000108. The second-order valence-electron chi connectivity index (χ2n) is 11.0. The number of anilines is 1. The van der Waals surface area contributed by atoms with Crippen molar-refractivity contribution in [3.63, 3.8) is 0 Å². The van der Waals surface area contributed by atoms with Crippen molar-refractivity contribution in [3.8, 4) is 11.5 Å². The third-order valence-electron chi connectivity index (χ3n) is 9.48. The molecule has 3 aromatic rings. The monoisotopic (exact) mass is 485 g/mol. The van der Waals surface area contributed by atoms with Crippen molar-refractivity contribution >= 4 is 16.6 Å². The van der Waals surface area contributed by atoms with Gasteiger partial charge in [0.2, 0.25) is 0 Å². The number of piperidine rings is 1. The number of methoxy groups -OCH3 is 1. The summed E-state index contributed by atoms with van der Waals surface area (Å²) in [6, 6.07) is 12.3. The van der Waals surface area contributed by atoms with E-state index in [0.29, 0.717) is 6.42 Å². The lowest BCUT2D eigenvalue weighted by atomic mass is 9.48. The molecule has 6 heteroatoms. The average molecular weight is 486 g/mol. The van der Waals surface area contributed by atoms with Crippen LogP contribution in [0.2, 0.25) is 0 Å². The van der Waals surface area contributed by atoms with Gasteiger partial charge in [0.15, 0.2) is 17.6 Å². The summed E-state index contributed by atoms with van der Waals surface area (Å²) in [5, 5.41) is 13.8. The van der Waals surface area contributed by atoms with Crippen molar-refractivity contribution in [2.45, 2.75) is 69.1 Å². The Morgan fingerprint density at radius 3 is 2.78 bits per heavy atom. The van der Waals surface area contributed by atoms with E-state index < -0.39 is 11.0 Å². The molecule has 1 saturated heterocycles. The molecule has 1 aromatic heterocycles. The number of nitrogens with zero attached hydrogens (tertiary/aromatic N) is 2. The van der Waals surface area contributed by atoms with Crippen molar-refractivity contribution in [2.24, 2.45) is 5.92 Å². The molecule has 1 saturated carbocycles. The topological polar surface area (TPSA) is 80.8 Å². The number of aliphatic hydroxyl groups is 1. The lowest BCUT2D eigenvalue weighted by molar-refractivity contribution is -0.173. The molecule has 2 bridgehead atoms. The van der Waals surface area contributed by atoms with Gasteiger partial charge in [0.05, 0.1) is 29.3 Å². The maximum Gasteiger partial charge on any atom is 0.166 e. The van der Waals surface area contributed by atoms with Gasteiger partial charge >= 0.3 is 0 Å². The third-order valence-corrected chi connectivity index (χ3v) is 9.48. The number of hydrogen-bond acceptors (Lipinski definition) is 6. The van der Waals surface area contributed by atoms with E-state index in [-0.39, 0.29) is 12.1 Å². The normalized spacial score (nSPS) is 31.1. The van der Waals surface area contributed by atoms with Gasteiger partial charge in [-0.05, 0) is 55.8 Å². The lowest BCUT2D eigenvalue weighted by Crippen LogP contribution is -2.74. The number of ether oxygens (including phenoxy) is 2. The molecule has 2 fully saturated rings. The van der Waals surface area contributed by atoms with Crippen LogP contribution in [0.4, 0.5) is 5.69 Å². The van der Waals surface area contributed by atoms with Crippen LogP contribution in [-0.2, 0) is 18.3 Å². The molecule has 5 aliphatic rings. The van der Waals surface area contributed by atoms with Crippen molar-refractivity contribution < 1.29 is 14.6 Å². The van der Waals surface area contributed by atoms with Gasteiger partial charge in [0, 0.05) is 41.2 Å². The molecule has 2 aromatic carbocycles. The second-order valence-corrected chi connectivity index (χ2v) is 11.0. The molecule has 0 amide bonds. The van der Waals surface area contributed by atoms with Gasteiger partial charge in [-0.3, -0.25) is 4.90 Å². The summed E-state index contributed by atoms with van der Waals surface area (Å²) in [5.74, 6) is 2.30. The zero-order chi connectivity index (χ0) is 24.8. The molecule has 0 radical (unpaired) electrons. The highest BCUT2D eigenvalue weighted by molar-refractivity contribution is 5.92. The Bertz CT molecular complexity index is 1390. The number of nitrogen functional groups attached to an aromatic ring is 1. The predicted octanol–water partition coefficient (Wildman–Crippen LogP) is 4.55. The molecule has 2 aliphatic heterocycles. The molecule has 3 heterocycles. The van der Waals surface area contributed by atoms with E-state index in [4.69, 9.17) is 20.2 Å². The van der Waals surface area contributed by atoms with E-state index in [1.54, 1.807) is 7.11 Å². The van der Waals surface area contributed by atoms with E-state index in [1.165, 1.54) is 18.4 Å². The zero-order valence-electron chi connectivity index (χ0n) is 21.4. The minimum atomic E-state index is -0.972. The van der Waals surface area contributed by atoms with Gasteiger partial charge in [-0.25, -0.2) is 4.98 Å². The highest BCUT2D eigenvalue weighted by Crippen LogP contribution is 2.69. The first-order valence-electron chi connectivity index (χ1n) is 13.6. The van der Waals surface area contributed by atoms with Gasteiger partial charge in [-0.15, -0.1) is 0 Å². The Hall–Kier alpha value is -2.83. The predicted molar refractivity (Wildman–Crippen MR) is 141 cm³/mol. The molecular formula is C30H35N3O3. The number of hydrogen-bond donors (Lipinski definition) is 2. The Morgan fingerprint density at radius 1 is 1.19 bits per heavy atom. The molecule has 36 heavy (non-hydrogen) atoms. The van der Waals surface area contributed by atoms with Crippen molar-refractivity contribution in [3.05, 3.63) is 58.8 Å². The van der Waals surface area contributed by atoms with E-state index in [2.05, 4.69) is 11.0 Å². The van der Waals surface area contributed by atoms with Crippen LogP contribution in [-0.4, -0.2) is 46.8 Å². The van der Waals surface area contributed by atoms with Crippen LogP contribution in [0, 0.1) is 5.92 Å². The molecule has 1 spiro atoms. The van der Waals surface area contributed by atoms with Gasteiger partial charge in [0.1, 0.15) is 0 Å². The lowest BCUT2D eigenvalue weighted by Gasteiger charge is -2.63. The second kappa shape index (κ2) is 7.59. The Labute approximate surface area is 212 Å². The van der Waals surface area contributed by atoms with Crippen LogP contribution in [0.5, 0.6) is 11.5 Å². The summed E-state index contributed by atoms with van der Waals surface area (Å²) in [6.45, 7) is 6.04. The van der Waals surface area contributed by atoms with Crippen molar-refractivity contribution in [1.82, 2.24) is 9.88 Å². The van der Waals surface area contributed by atoms with E-state index >= 15 is 0 Å². The highest BCUT2D eigenvalue weighted by atomic mass is 16.5. The summed E-state index contributed by atoms with van der Waals surface area (Å²) >= 11 is 0. The van der Waals surface area contributed by atoms with Crippen molar-refractivity contribution in [2.75, 3.05) is 25.9 Å². The number of fused-ring (bicyclic) bond motifs is 3. The summed E-state index contributed by atoms with van der Waals surface area (Å²) < 4.78 is 12.5. The first-order valence-corrected chi connectivity index (χ1v) is 13.6. The fourth-order valence-electron chi connectivity index (χ4n) is 7.77. The Morgan fingerprint density at radius 2 is 2.00 bits per heavy atom. The zero-order valence-corrected chi connectivity index (χ0v) is 21.4. The van der Waals surface area contributed by atoms with Crippen LogP contribution in [0.3, 0.4) is 0 Å². The maximum atomic E-state index is 12.9. The molecule has 6 nitrogen and oxygen atoms in total. The smallest absolute Gasteiger partial charge is 0.166 e. The molecule has 2 unspecified atom stereocenters. The minimum Gasteiger partial charge on any atom is -0.493 e. The average Bonchev–Trinajstić information content (AvgIpc) is 3.64. The van der Waals surface area contributed by atoms with E-state index in [1.807, 2.05) is 44.2 Å². The van der Waals surface area contributed by atoms with Crippen LogP contribution in [0.25, 0.3) is 10.9 Å². The largest absolute Gasteiger partial charge is 0.493 e. The molecule has 3 aliphatic carbocycles. The van der Waals surface area contributed by atoms with Gasteiger partial charge in [-0.1, -0.05) is 38.1 Å². The first-order chi connectivity index (χ1) is 17.5. The third kappa shape index (κ3) is 2.61. The molecule has 188 valence electrons. The number of para-hydroxylation sites is 1. The van der Waals surface area contributed by atoms with Crippen LogP contribution >= 0.6 is 0 Å². The number of likely N-dealkylation sites (tertiary alicyclic amines) is 1. The van der Waals surface area contributed by atoms with E-state index in [0.717, 1.165) is 76.8 Å². The number of nitrogens with two attached hydrogens (primary N) is 1. The number of aromatic nitrogens is 1. The number of rotatable bonds is 3. The quantitative estimate of drug-likeness (QED) is 0.567. The maximum absolute atomic E-state index is 12.9. The van der Waals surface area contributed by atoms with Crippen LogP contribution in [0.15, 0.2) is 36.4 Å². The number of benzene rings is 2. The SMILES string of the molecule is CC.COc1ccc2c3c1OC1c4nc5ccccc5c(N)c4CC4(O)[C@@H](C2)N(CC2CC2)CC[C@]314. The van der Waals surface area contributed by atoms with Gasteiger partial charge in [0.25, 0.3) is 0 Å². The van der Waals surface area contributed by atoms with Gasteiger partial charge < -0.3 is 20.3 Å². The summed E-state index contributed by atoms with van der Waals surface area (Å²) in [7, 11) is 1.69. The molecule has 8 rings (SSSR count). The van der Waals surface area contributed by atoms with Crippen molar-refractivity contribution in [1.29, 1.82) is 0 Å². The fourth-order valence-corrected chi connectivity index (χ4v) is 7.77. The number of pyridine rings is 1. The molecular weight excluding hydrogens is 450 g/mol. The minimum absolute atomic E-state index is 0.0406. The first kappa shape index (κ1) is 22.4. The summed E-state index contributed by atoms with van der Waals surface area (Å²) in [4.78, 5) is 7.70. The molecule has 4 atom stereocenters. The molecule has 3 N–H and O–H groups in total. The van der Waals surface area contributed by atoms with E-state index in [9.17, 15) is 5.11 Å². The highest BCUT2D eigenvalue weighted by Gasteiger charge is 2.73. The van der Waals surface area contributed by atoms with Gasteiger partial charge in [-0.2, -0.15) is 0 Å². The standard InChI is InChI=1S/C28H29N3O3.C2H6/c1-33-20-9-8-16-12-21-28(32)13-18-23(29)17-4-2-3-5-19(17)30-24(18)26-27(28,22(16)25(20)34-26)10-11-31(21)14-15-6-7-15;1-2/h2-5,8-9,15,21,26,32H,6-7,10-14H2,1H3,(H2,29,30);1-2H3/t21-,26?,27+,28?;/m1./s1. The van der Waals surface area contributed by atoms with Crippen LogP contribution in [0.1, 0.15) is 61.6 Å².